The molecule has 0 radical (unpaired) electrons. The van der Waals surface area contributed by atoms with E-state index < -0.39 is 0 Å². The molecule has 0 atom stereocenters. The number of nitrogens with one attached hydrogen (secondary N) is 1. The van der Waals surface area contributed by atoms with Crippen LogP contribution in [-0.4, -0.2) is 9.78 Å². The Kier molecular flexibility index (Phi) is 4.40. The molecule has 21 heavy (non-hydrogen) atoms. The lowest BCUT2D eigenvalue weighted by Gasteiger charge is -2.23. The van der Waals surface area contributed by atoms with E-state index in [-0.39, 0.29) is 5.41 Å². The zero-order valence-electron chi connectivity index (χ0n) is 14.1. The molecule has 114 valence electrons. The first kappa shape index (κ1) is 15.6. The molecule has 3 heteroatoms. The fraction of sp³-hybridized carbons (Fsp3) is 0.500. The highest BCUT2D eigenvalue weighted by Crippen LogP contribution is 2.30. The van der Waals surface area contributed by atoms with E-state index in [2.05, 4.69) is 75.5 Å². The van der Waals surface area contributed by atoms with Crippen molar-refractivity contribution in [1.29, 1.82) is 0 Å². The largest absolute Gasteiger partial charge is 0.381 e. The van der Waals surface area contributed by atoms with Gasteiger partial charge >= 0.3 is 0 Å². The molecule has 1 aromatic carbocycles. The van der Waals surface area contributed by atoms with Crippen LogP contribution >= 0.6 is 0 Å². The minimum Gasteiger partial charge on any atom is -0.381 e. The van der Waals surface area contributed by atoms with Crippen molar-refractivity contribution in [2.24, 2.45) is 7.05 Å². The summed E-state index contributed by atoms with van der Waals surface area (Å²) in [4.78, 5) is 0. The van der Waals surface area contributed by atoms with Gasteiger partial charge in [0.15, 0.2) is 0 Å². The van der Waals surface area contributed by atoms with Crippen molar-refractivity contribution in [3.8, 4) is 0 Å². The third-order valence-corrected chi connectivity index (χ3v) is 3.69. The third kappa shape index (κ3) is 3.66. The lowest BCUT2D eigenvalue weighted by atomic mass is 9.86. The second-order valence-electron chi connectivity index (χ2n) is 7.02. The van der Waals surface area contributed by atoms with E-state index in [1.807, 2.05) is 11.7 Å². The molecular formula is C18H27N3. The minimum atomic E-state index is 0.138. The van der Waals surface area contributed by atoms with Crippen LogP contribution in [0.3, 0.4) is 0 Å². The van der Waals surface area contributed by atoms with Gasteiger partial charge in [0.25, 0.3) is 0 Å². The van der Waals surface area contributed by atoms with Gasteiger partial charge in [-0.1, -0.05) is 52.8 Å². The Bertz CT molecular complexity index is 603. The van der Waals surface area contributed by atoms with Crippen LogP contribution in [0.2, 0.25) is 0 Å². The lowest BCUT2D eigenvalue weighted by molar-refractivity contribution is 0.591. The van der Waals surface area contributed by atoms with Gasteiger partial charge in [-0.25, -0.2) is 0 Å². The Morgan fingerprint density at radius 1 is 1.19 bits per heavy atom. The maximum Gasteiger partial charge on any atom is 0.0699 e. The highest BCUT2D eigenvalue weighted by atomic mass is 15.3. The molecule has 0 aliphatic rings. The summed E-state index contributed by atoms with van der Waals surface area (Å²) >= 11 is 0. The lowest BCUT2D eigenvalue weighted by Crippen LogP contribution is -2.15. The Balaban J connectivity index is 2.22. The van der Waals surface area contributed by atoms with Crippen LogP contribution in [0.1, 0.15) is 57.4 Å². The van der Waals surface area contributed by atoms with Gasteiger partial charge in [-0.05, 0) is 23.0 Å². The number of para-hydroxylation sites is 1. The summed E-state index contributed by atoms with van der Waals surface area (Å²) in [5, 5.41) is 8.16. The highest BCUT2D eigenvalue weighted by molar-refractivity contribution is 5.54. The zero-order valence-corrected chi connectivity index (χ0v) is 14.1. The number of hydrogen-bond donors (Lipinski definition) is 1. The van der Waals surface area contributed by atoms with Crippen molar-refractivity contribution in [3.63, 3.8) is 0 Å². The molecule has 0 aliphatic carbocycles. The van der Waals surface area contributed by atoms with Crippen LogP contribution in [-0.2, 0) is 19.0 Å². The summed E-state index contributed by atoms with van der Waals surface area (Å²) in [5.41, 5.74) is 5.15. The molecule has 1 heterocycles. The number of benzene rings is 1. The Labute approximate surface area is 128 Å². The summed E-state index contributed by atoms with van der Waals surface area (Å²) in [6, 6.07) is 8.56. The average Bonchev–Trinajstić information content (AvgIpc) is 2.77. The number of aromatic nitrogens is 2. The molecule has 0 unspecified atom stereocenters. The quantitative estimate of drug-likeness (QED) is 0.899. The number of rotatable bonds is 4. The normalized spacial score (nSPS) is 12.0. The molecule has 0 spiro atoms. The van der Waals surface area contributed by atoms with E-state index in [1.165, 1.54) is 22.5 Å². The monoisotopic (exact) mass is 285 g/mol. The van der Waals surface area contributed by atoms with Crippen LogP contribution in [0.15, 0.2) is 30.5 Å². The van der Waals surface area contributed by atoms with Crippen molar-refractivity contribution in [2.45, 2.75) is 52.5 Å². The summed E-state index contributed by atoms with van der Waals surface area (Å²) in [6.07, 6.45) is 2.11. The second-order valence-corrected chi connectivity index (χ2v) is 7.02. The zero-order chi connectivity index (χ0) is 15.6. The fourth-order valence-corrected chi connectivity index (χ4v) is 2.66. The van der Waals surface area contributed by atoms with E-state index >= 15 is 0 Å². The summed E-state index contributed by atoms with van der Waals surface area (Å²) in [6.45, 7) is 11.9. The molecular weight excluding hydrogens is 258 g/mol. The standard InChI is InChI=1S/C18H27N3/c1-13(2)17-14(12-21(6)20-17)11-19-16-10-8-7-9-15(16)18(3,4)5/h7-10,12-13,19H,11H2,1-6H3. The molecule has 2 aromatic rings. The molecule has 2 rings (SSSR count). The number of nitrogens with zero attached hydrogens (tertiary/aromatic N) is 2. The molecule has 0 fully saturated rings. The topological polar surface area (TPSA) is 29.9 Å². The van der Waals surface area contributed by atoms with Crippen LogP contribution < -0.4 is 5.32 Å². The van der Waals surface area contributed by atoms with Gasteiger partial charge in [0, 0.05) is 31.0 Å². The predicted octanol–water partition coefficient (Wildman–Crippen LogP) is 4.45. The molecule has 3 nitrogen and oxygen atoms in total. The van der Waals surface area contributed by atoms with Gasteiger partial charge in [0.2, 0.25) is 0 Å². The summed E-state index contributed by atoms with van der Waals surface area (Å²) in [5.74, 6) is 0.445. The number of aryl methyl sites for hydroxylation is 1. The Morgan fingerprint density at radius 2 is 1.86 bits per heavy atom. The first-order valence-corrected chi connectivity index (χ1v) is 7.65. The molecule has 0 saturated carbocycles. The maximum atomic E-state index is 4.57. The summed E-state index contributed by atoms with van der Waals surface area (Å²) < 4.78 is 1.90. The van der Waals surface area contributed by atoms with Gasteiger partial charge in [0.05, 0.1) is 5.69 Å². The molecule has 0 amide bonds. The van der Waals surface area contributed by atoms with Crippen molar-refractivity contribution in [1.82, 2.24) is 9.78 Å². The highest BCUT2D eigenvalue weighted by Gasteiger charge is 2.18. The van der Waals surface area contributed by atoms with E-state index in [9.17, 15) is 0 Å². The van der Waals surface area contributed by atoms with Crippen molar-refractivity contribution in [2.75, 3.05) is 5.32 Å². The molecule has 1 N–H and O–H groups in total. The van der Waals surface area contributed by atoms with Gasteiger partial charge in [-0.15, -0.1) is 0 Å². The summed E-state index contributed by atoms with van der Waals surface area (Å²) in [7, 11) is 1.98. The van der Waals surface area contributed by atoms with Crippen LogP contribution in [0.5, 0.6) is 0 Å². The Morgan fingerprint density at radius 3 is 2.48 bits per heavy atom. The van der Waals surface area contributed by atoms with Crippen molar-refractivity contribution < 1.29 is 0 Å². The maximum absolute atomic E-state index is 4.57. The second kappa shape index (κ2) is 5.92. The van der Waals surface area contributed by atoms with Crippen LogP contribution in [0, 0.1) is 0 Å². The number of anilines is 1. The molecule has 0 saturated heterocycles. The molecule has 0 aliphatic heterocycles. The van der Waals surface area contributed by atoms with E-state index in [1.54, 1.807) is 0 Å². The smallest absolute Gasteiger partial charge is 0.0699 e. The van der Waals surface area contributed by atoms with Crippen LogP contribution in [0.4, 0.5) is 5.69 Å². The van der Waals surface area contributed by atoms with Crippen molar-refractivity contribution >= 4 is 5.69 Å². The average molecular weight is 285 g/mol. The predicted molar refractivity (Wildman–Crippen MR) is 89.8 cm³/mol. The van der Waals surface area contributed by atoms with E-state index in [0.717, 1.165) is 6.54 Å². The fourth-order valence-electron chi connectivity index (χ4n) is 2.66. The van der Waals surface area contributed by atoms with Gasteiger partial charge in [-0.2, -0.15) is 5.10 Å². The Hall–Kier alpha value is -1.77. The van der Waals surface area contributed by atoms with Gasteiger partial charge < -0.3 is 5.32 Å². The van der Waals surface area contributed by atoms with Gasteiger partial charge in [0.1, 0.15) is 0 Å². The molecule has 0 bridgehead atoms. The van der Waals surface area contributed by atoms with E-state index in [4.69, 9.17) is 0 Å². The van der Waals surface area contributed by atoms with Crippen molar-refractivity contribution in [3.05, 3.63) is 47.3 Å². The van der Waals surface area contributed by atoms with Gasteiger partial charge in [-0.3, -0.25) is 4.68 Å². The SMILES string of the molecule is CC(C)c1nn(C)cc1CNc1ccccc1C(C)(C)C. The van der Waals surface area contributed by atoms with Crippen LogP contribution in [0.25, 0.3) is 0 Å². The van der Waals surface area contributed by atoms with E-state index in [0.29, 0.717) is 5.92 Å². The third-order valence-electron chi connectivity index (χ3n) is 3.69. The number of hydrogen-bond acceptors (Lipinski definition) is 2. The first-order chi connectivity index (χ1) is 9.79. The minimum absolute atomic E-state index is 0.138. The molecule has 1 aromatic heterocycles. The first-order valence-electron chi connectivity index (χ1n) is 7.65.